The molecule has 0 amide bonds. The van der Waals surface area contributed by atoms with E-state index in [-0.39, 0.29) is 28.4 Å². The number of anilines is 6. The SMILES string of the molecule is CCC1(CC)CC(CC)(CC)c2c1cc1c(c2B(C#Cc2ccc(N(c3ccccc3)c3ccccc3)cc2)C#Cc2ccc(N(c3ccccc3)c3ccccc3)cc2)C(CC)(CC)CC1(CC)CC. The molecule has 0 radical (unpaired) electrons. The van der Waals surface area contributed by atoms with E-state index in [9.17, 15) is 0 Å². The summed E-state index contributed by atoms with van der Waals surface area (Å²) in [5, 5.41) is 0. The summed E-state index contributed by atoms with van der Waals surface area (Å²) in [6.45, 7) is 19.3. The quantitative estimate of drug-likeness (QED) is 0.0747. The van der Waals surface area contributed by atoms with Crippen LogP contribution in [0.1, 0.15) is 153 Å². The van der Waals surface area contributed by atoms with Gasteiger partial charge in [-0.2, -0.15) is 0 Å². The van der Waals surface area contributed by atoms with Crippen molar-refractivity contribution in [2.24, 2.45) is 0 Å². The first kappa shape index (κ1) is 49.3. The van der Waals surface area contributed by atoms with Gasteiger partial charge in [-0.05, 0) is 211 Å². The van der Waals surface area contributed by atoms with Crippen molar-refractivity contribution in [3.63, 3.8) is 0 Å². The van der Waals surface area contributed by atoms with E-state index in [1.54, 1.807) is 22.3 Å². The molecule has 2 aliphatic rings. The molecule has 71 heavy (non-hydrogen) atoms. The summed E-state index contributed by atoms with van der Waals surface area (Å²) in [4.78, 5) is 4.63. The number of nitrogens with zero attached hydrogens (tertiary/aromatic N) is 2. The van der Waals surface area contributed by atoms with E-state index in [1.807, 2.05) is 0 Å². The molecule has 3 heteroatoms. The molecule has 9 rings (SSSR count). The van der Waals surface area contributed by atoms with Crippen LogP contribution in [-0.4, -0.2) is 6.71 Å². The van der Waals surface area contributed by atoms with Gasteiger partial charge in [0.15, 0.2) is 0 Å². The maximum atomic E-state index is 4.02. The molecule has 0 aliphatic heterocycles. The van der Waals surface area contributed by atoms with Crippen LogP contribution in [-0.2, 0) is 21.7 Å². The van der Waals surface area contributed by atoms with Gasteiger partial charge < -0.3 is 9.80 Å². The summed E-state index contributed by atoms with van der Waals surface area (Å²) in [5.41, 5.74) is 16.9. The van der Waals surface area contributed by atoms with Crippen molar-refractivity contribution in [1.29, 1.82) is 0 Å². The minimum Gasteiger partial charge on any atom is -0.311 e. The third kappa shape index (κ3) is 8.93. The van der Waals surface area contributed by atoms with Crippen LogP contribution < -0.4 is 15.3 Å². The monoisotopic (exact) mass is 929 g/mol. The Hall–Kier alpha value is -6.68. The van der Waals surface area contributed by atoms with E-state index in [2.05, 4.69) is 265 Å². The smallest absolute Gasteiger partial charge is 0.311 e. The van der Waals surface area contributed by atoms with Gasteiger partial charge in [0, 0.05) is 45.3 Å². The van der Waals surface area contributed by atoms with E-state index >= 15 is 0 Å². The van der Waals surface area contributed by atoms with E-state index < -0.39 is 0 Å². The van der Waals surface area contributed by atoms with Gasteiger partial charge in [-0.3, -0.25) is 0 Å². The fourth-order valence-corrected chi connectivity index (χ4v) is 13.2. The molecule has 0 spiro atoms. The average Bonchev–Trinajstić information content (AvgIpc) is 3.91. The number of rotatable bonds is 15. The maximum absolute atomic E-state index is 4.02. The van der Waals surface area contributed by atoms with Crippen LogP contribution in [0, 0.1) is 23.5 Å². The number of para-hydroxylation sites is 4. The van der Waals surface area contributed by atoms with Crippen molar-refractivity contribution < 1.29 is 0 Å². The molecule has 0 aromatic heterocycles. The van der Waals surface area contributed by atoms with Gasteiger partial charge in [0.05, 0.1) is 0 Å². The van der Waals surface area contributed by atoms with Crippen LogP contribution in [0.4, 0.5) is 34.1 Å². The van der Waals surface area contributed by atoms with Gasteiger partial charge >= 0.3 is 6.71 Å². The molecule has 0 atom stereocenters. The first-order valence-corrected chi connectivity index (χ1v) is 27.0. The minimum absolute atomic E-state index is 0.0458. The summed E-state index contributed by atoms with van der Waals surface area (Å²) in [6.07, 6.45) is 11.4. The molecule has 0 fully saturated rings. The number of hydrogen-bond acceptors (Lipinski definition) is 2. The third-order valence-electron chi connectivity index (χ3n) is 17.7. The fourth-order valence-electron chi connectivity index (χ4n) is 13.2. The highest BCUT2D eigenvalue weighted by atomic mass is 15.1. The zero-order valence-electron chi connectivity index (χ0n) is 43.8. The van der Waals surface area contributed by atoms with Gasteiger partial charge in [0.2, 0.25) is 0 Å². The van der Waals surface area contributed by atoms with Crippen molar-refractivity contribution in [3.05, 3.63) is 209 Å². The van der Waals surface area contributed by atoms with Gasteiger partial charge in [-0.1, -0.05) is 146 Å². The molecular weight excluding hydrogens is 856 g/mol. The fraction of sp³-hybridized carbons (Fsp3) is 0.324. The Morgan fingerprint density at radius 2 is 0.620 bits per heavy atom. The van der Waals surface area contributed by atoms with Gasteiger partial charge in [0.1, 0.15) is 0 Å². The van der Waals surface area contributed by atoms with Crippen LogP contribution in [0.5, 0.6) is 0 Å². The molecule has 0 heterocycles. The van der Waals surface area contributed by atoms with E-state index in [0.717, 1.165) is 96.6 Å². The molecule has 7 aromatic carbocycles. The summed E-state index contributed by atoms with van der Waals surface area (Å²) < 4.78 is 0. The second kappa shape index (κ2) is 21.0. The van der Waals surface area contributed by atoms with E-state index in [0.29, 0.717) is 0 Å². The molecule has 0 saturated heterocycles. The van der Waals surface area contributed by atoms with Crippen LogP contribution >= 0.6 is 0 Å². The van der Waals surface area contributed by atoms with Gasteiger partial charge in [-0.25, -0.2) is 0 Å². The standard InChI is InChI=1S/C68H73BN2/c1-9-65(10-2)50-67(13-5,14-6)62-60(65)49-61-63(68(15-7,16-8)51-66(61,11-3)12-4)64(62)69(47-45-52-37-41-58(42-38-52)70(54-29-21-17-22-30-54)55-31-23-18-24-32-55)48-46-53-39-43-59(44-40-53)71(56-33-25-19-26-34-56)57-35-27-20-28-36-57/h17-44,49H,9-16,50-51H2,1-8H3. The lowest BCUT2D eigenvalue weighted by molar-refractivity contribution is 0.279. The van der Waals surface area contributed by atoms with Crippen molar-refractivity contribution in [2.45, 2.75) is 141 Å². The lowest BCUT2D eigenvalue weighted by atomic mass is 9.41. The Kier molecular flexibility index (Phi) is 14.6. The highest BCUT2D eigenvalue weighted by molar-refractivity contribution is 6.88. The molecule has 0 saturated carbocycles. The van der Waals surface area contributed by atoms with Crippen LogP contribution in [0.15, 0.2) is 176 Å². The molecule has 358 valence electrons. The summed E-state index contributed by atoms with van der Waals surface area (Å²) in [6, 6.07) is 63.1. The van der Waals surface area contributed by atoms with Crippen molar-refractivity contribution in [1.82, 2.24) is 0 Å². The van der Waals surface area contributed by atoms with Crippen molar-refractivity contribution in [2.75, 3.05) is 9.80 Å². The Balaban J connectivity index is 1.25. The molecular formula is C68H73BN2. The normalized spacial score (nSPS) is 15.3. The zero-order valence-corrected chi connectivity index (χ0v) is 43.8. The van der Waals surface area contributed by atoms with E-state index in [4.69, 9.17) is 0 Å². The Bertz CT molecular complexity index is 2730. The molecule has 0 N–H and O–H groups in total. The first-order chi connectivity index (χ1) is 34.7. The Labute approximate surface area is 428 Å². The Morgan fingerprint density at radius 1 is 0.352 bits per heavy atom. The zero-order chi connectivity index (χ0) is 49.6. The maximum Gasteiger partial charge on any atom is 0.347 e. The van der Waals surface area contributed by atoms with Crippen molar-refractivity contribution >= 4 is 46.3 Å². The molecule has 2 nitrogen and oxygen atoms in total. The molecule has 0 unspecified atom stereocenters. The number of fused-ring (bicyclic) bond motifs is 2. The lowest BCUT2D eigenvalue weighted by Gasteiger charge is -2.36. The van der Waals surface area contributed by atoms with E-state index in [1.165, 1.54) is 18.3 Å². The molecule has 7 aromatic rings. The minimum atomic E-state index is -0.294. The van der Waals surface area contributed by atoms with Crippen LogP contribution in [0.3, 0.4) is 0 Å². The second-order valence-corrected chi connectivity index (χ2v) is 20.5. The summed E-state index contributed by atoms with van der Waals surface area (Å²) >= 11 is 0. The number of hydrogen-bond donors (Lipinski definition) is 0. The predicted molar refractivity (Wildman–Crippen MR) is 306 cm³/mol. The molecule has 2 aliphatic carbocycles. The topological polar surface area (TPSA) is 6.48 Å². The van der Waals surface area contributed by atoms with Gasteiger partial charge in [-0.15, -0.1) is 11.6 Å². The average molecular weight is 929 g/mol. The summed E-state index contributed by atoms with van der Waals surface area (Å²) in [7, 11) is 0. The first-order valence-electron chi connectivity index (χ1n) is 27.0. The summed E-state index contributed by atoms with van der Waals surface area (Å²) in [5.74, 6) is 15.7. The second-order valence-electron chi connectivity index (χ2n) is 20.5. The highest BCUT2D eigenvalue weighted by Crippen LogP contribution is 2.62. The van der Waals surface area contributed by atoms with Crippen LogP contribution in [0.25, 0.3) is 0 Å². The van der Waals surface area contributed by atoms with Crippen LogP contribution in [0.2, 0.25) is 0 Å². The predicted octanol–water partition coefficient (Wildman–Crippen LogP) is 17.5. The largest absolute Gasteiger partial charge is 0.347 e. The highest BCUT2D eigenvalue weighted by Gasteiger charge is 2.57. The third-order valence-corrected chi connectivity index (χ3v) is 17.7. The van der Waals surface area contributed by atoms with Gasteiger partial charge in [0.25, 0.3) is 0 Å². The molecule has 0 bridgehead atoms. The lowest BCUT2D eigenvalue weighted by Crippen LogP contribution is -2.43. The Morgan fingerprint density at radius 3 is 0.887 bits per heavy atom. The number of benzene rings is 7. The van der Waals surface area contributed by atoms with Crippen molar-refractivity contribution in [3.8, 4) is 23.5 Å².